The van der Waals surface area contributed by atoms with Crippen LogP contribution in [-0.4, -0.2) is 19.7 Å². The van der Waals surface area contributed by atoms with Crippen LogP contribution in [0.4, 0.5) is 11.5 Å². The number of halogens is 1. The normalized spacial score (nSPS) is 10.3. The van der Waals surface area contributed by atoms with Crippen LogP contribution < -0.4 is 5.73 Å². The molecule has 0 unspecified atom stereocenters. The van der Waals surface area contributed by atoms with Gasteiger partial charge in [-0.1, -0.05) is 0 Å². The third-order valence-electron chi connectivity index (χ3n) is 1.81. The molecule has 7 nitrogen and oxygen atoms in total. The van der Waals surface area contributed by atoms with Crippen molar-refractivity contribution in [1.29, 1.82) is 0 Å². The fraction of sp³-hybridized carbons (Fsp3) is 0. The number of anilines is 1. The van der Waals surface area contributed by atoms with Gasteiger partial charge in [0.1, 0.15) is 5.82 Å². The molecule has 82 valence electrons. The number of hydrogen-bond donors (Lipinski definition) is 1. The highest BCUT2D eigenvalue weighted by molar-refractivity contribution is 14.1. The molecule has 0 aliphatic rings. The highest BCUT2D eigenvalue weighted by Gasteiger charge is 2.11. The van der Waals surface area contributed by atoms with E-state index in [1.165, 1.54) is 16.8 Å². The summed E-state index contributed by atoms with van der Waals surface area (Å²) in [6.07, 6.45) is 3.32. The largest absolute Gasteiger partial charge is 0.383 e. The fourth-order valence-corrected chi connectivity index (χ4v) is 1.56. The molecule has 0 atom stereocenters. The molecule has 0 spiro atoms. The zero-order valence-electron chi connectivity index (χ0n) is 7.87. The number of pyridine rings is 1. The van der Waals surface area contributed by atoms with Crippen molar-refractivity contribution in [2.75, 3.05) is 5.73 Å². The standard InChI is InChI=1S/C8H6IN5O2/c9-5-3-11-13(4-5)8-2-6(14(15)16)1-7(10)12-8/h1-4H,(H2,10,12). The molecule has 2 aromatic heterocycles. The molecule has 2 aromatic rings. The lowest BCUT2D eigenvalue weighted by Gasteiger charge is -2.01. The summed E-state index contributed by atoms with van der Waals surface area (Å²) in [5.41, 5.74) is 5.38. The van der Waals surface area contributed by atoms with Crippen molar-refractivity contribution in [2.24, 2.45) is 0 Å². The van der Waals surface area contributed by atoms with Gasteiger partial charge < -0.3 is 5.73 Å². The highest BCUT2D eigenvalue weighted by Crippen LogP contribution is 2.18. The van der Waals surface area contributed by atoms with Crippen LogP contribution in [0.25, 0.3) is 5.82 Å². The quantitative estimate of drug-likeness (QED) is 0.509. The Kier molecular flexibility index (Phi) is 2.73. The summed E-state index contributed by atoms with van der Waals surface area (Å²) in [4.78, 5) is 14.1. The maximum Gasteiger partial charge on any atom is 0.276 e. The Morgan fingerprint density at radius 3 is 2.81 bits per heavy atom. The lowest BCUT2D eigenvalue weighted by Crippen LogP contribution is -2.02. The van der Waals surface area contributed by atoms with E-state index in [0.717, 1.165) is 3.57 Å². The van der Waals surface area contributed by atoms with Crippen LogP contribution in [-0.2, 0) is 0 Å². The maximum absolute atomic E-state index is 10.6. The molecular formula is C8H6IN5O2. The number of nitrogens with zero attached hydrogens (tertiary/aromatic N) is 4. The van der Waals surface area contributed by atoms with Crippen molar-refractivity contribution in [3.05, 3.63) is 38.2 Å². The van der Waals surface area contributed by atoms with Gasteiger partial charge in [-0.2, -0.15) is 5.10 Å². The van der Waals surface area contributed by atoms with Crippen LogP contribution in [0.15, 0.2) is 24.5 Å². The Balaban J connectivity index is 2.53. The number of nitrogen functional groups attached to an aromatic ring is 1. The molecule has 0 saturated carbocycles. The monoisotopic (exact) mass is 331 g/mol. The molecule has 0 aliphatic carbocycles. The number of nitrogens with two attached hydrogens (primary N) is 1. The van der Waals surface area contributed by atoms with Gasteiger partial charge in [0.25, 0.3) is 5.69 Å². The van der Waals surface area contributed by atoms with Crippen molar-refractivity contribution in [1.82, 2.24) is 14.8 Å². The van der Waals surface area contributed by atoms with Gasteiger partial charge in [0.05, 0.1) is 26.8 Å². The molecule has 0 radical (unpaired) electrons. The van der Waals surface area contributed by atoms with Crippen molar-refractivity contribution >= 4 is 34.1 Å². The summed E-state index contributed by atoms with van der Waals surface area (Å²) in [6.45, 7) is 0. The topological polar surface area (TPSA) is 99.9 Å². The van der Waals surface area contributed by atoms with Crippen LogP contribution in [0.1, 0.15) is 0 Å². The first-order valence-electron chi connectivity index (χ1n) is 4.19. The minimum Gasteiger partial charge on any atom is -0.383 e. The summed E-state index contributed by atoms with van der Waals surface area (Å²) < 4.78 is 2.34. The molecule has 0 aromatic carbocycles. The molecule has 0 aliphatic heterocycles. The van der Waals surface area contributed by atoms with Gasteiger partial charge in [-0.25, -0.2) is 9.67 Å². The lowest BCUT2D eigenvalue weighted by molar-refractivity contribution is -0.384. The molecule has 2 N–H and O–H groups in total. The first-order chi connectivity index (χ1) is 7.56. The Labute approximate surface area is 104 Å². The predicted octanol–water partition coefficient (Wildman–Crippen LogP) is 1.36. The van der Waals surface area contributed by atoms with E-state index < -0.39 is 4.92 Å². The average Bonchev–Trinajstić information content (AvgIpc) is 2.64. The summed E-state index contributed by atoms with van der Waals surface area (Å²) in [5, 5.41) is 14.6. The van der Waals surface area contributed by atoms with Crippen LogP contribution in [0.5, 0.6) is 0 Å². The molecule has 16 heavy (non-hydrogen) atoms. The minimum absolute atomic E-state index is 0.0923. The van der Waals surface area contributed by atoms with Gasteiger partial charge in [-0.15, -0.1) is 0 Å². The van der Waals surface area contributed by atoms with Crippen LogP contribution in [0.2, 0.25) is 0 Å². The second-order valence-corrected chi connectivity index (χ2v) is 4.21. The van der Waals surface area contributed by atoms with Crippen molar-refractivity contribution in [2.45, 2.75) is 0 Å². The van der Waals surface area contributed by atoms with Gasteiger partial charge in [0, 0.05) is 6.20 Å². The summed E-state index contributed by atoms with van der Waals surface area (Å²) in [5.74, 6) is 0.421. The Bertz CT molecular complexity index is 553. The summed E-state index contributed by atoms with van der Waals surface area (Å²) >= 11 is 2.08. The first kappa shape index (κ1) is 10.8. The summed E-state index contributed by atoms with van der Waals surface area (Å²) in [6, 6.07) is 2.53. The fourth-order valence-electron chi connectivity index (χ4n) is 1.17. The molecule has 8 heteroatoms. The molecule has 0 saturated heterocycles. The van der Waals surface area contributed by atoms with E-state index in [4.69, 9.17) is 5.73 Å². The average molecular weight is 331 g/mol. The van der Waals surface area contributed by atoms with Gasteiger partial charge in [0.15, 0.2) is 5.82 Å². The number of aromatic nitrogens is 3. The van der Waals surface area contributed by atoms with E-state index in [-0.39, 0.29) is 11.5 Å². The third kappa shape index (κ3) is 2.10. The van der Waals surface area contributed by atoms with E-state index in [0.29, 0.717) is 5.82 Å². The number of nitro groups is 1. The second kappa shape index (κ2) is 4.04. The van der Waals surface area contributed by atoms with E-state index >= 15 is 0 Å². The minimum atomic E-state index is -0.518. The SMILES string of the molecule is Nc1cc([N+](=O)[O-])cc(-n2cc(I)cn2)n1. The van der Waals surface area contributed by atoms with E-state index in [1.807, 2.05) is 0 Å². The summed E-state index contributed by atoms with van der Waals surface area (Å²) in [7, 11) is 0. The molecular weight excluding hydrogens is 325 g/mol. The van der Waals surface area contributed by atoms with Gasteiger partial charge in [-0.3, -0.25) is 10.1 Å². The smallest absolute Gasteiger partial charge is 0.276 e. The number of rotatable bonds is 2. The first-order valence-corrected chi connectivity index (χ1v) is 5.26. The van der Waals surface area contributed by atoms with Gasteiger partial charge in [0.2, 0.25) is 0 Å². The van der Waals surface area contributed by atoms with Crippen LogP contribution in [0.3, 0.4) is 0 Å². The van der Waals surface area contributed by atoms with E-state index in [9.17, 15) is 10.1 Å². The third-order valence-corrected chi connectivity index (χ3v) is 2.37. The van der Waals surface area contributed by atoms with Crippen molar-refractivity contribution < 1.29 is 4.92 Å². The second-order valence-electron chi connectivity index (χ2n) is 2.97. The van der Waals surface area contributed by atoms with Crippen LogP contribution in [0, 0.1) is 13.7 Å². The van der Waals surface area contributed by atoms with E-state index in [2.05, 4.69) is 32.7 Å². The van der Waals surface area contributed by atoms with Crippen LogP contribution >= 0.6 is 22.6 Å². The highest BCUT2D eigenvalue weighted by atomic mass is 127. The van der Waals surface area contributed by atoms with Crippen molar-refractivity contribution in [3.8, 4) is 5.82 Å². The Morgan fingerprint density at radius 2 is 2.25 bits per heavy atom. The Hall–Kier alpha value is -1.71. The van der Waals surface area contributed by atoms with Crippen molar-refractivity contribution in [3.63, 3.8) is 0 Å². The zero-order valence-corrected chi connectivity index (χ0v) is 10.0. The molecule has 2 heterocycles. The lowest BCUT2D eigenvalue weighted by atomic mass is 10.4. The Morgan fingerprint density at radius 1 is 1.50 bits per heavy atom. The molecule has 0 bridgehead atoms. The molecule has 2 rings (SSSR count). The maximum atomic E-state index is 10.6. The number of hydrogen-bond acceptors (Lipinski definition) is 5. The molecule has 0 amide bonds. The van der Waals surface area contributed by atoms with Gasteiger partial charge in [-0.05, 0) is 22.6 Å². The van der Waals surface area contributed by atoms with E-state index in [1.54, 1.807) is 12.4 Å². The zero-order chi connectivity index (χ0) is 11.7. The van der Waals surface area contributed by atoms with Gasteiger partial charge >= 0.3 is 0 Å². The predicted molar refractivity (Wildman–Crippen MR) is 65.1 cm³/mol. The molecule has 0 fully saturated rings.